The molecule has 1 aromatic heterocycles. The Bertz CT molecular complexity index is 871. The van der Waals surface area contributed by atoms with E-state index in [4.69, 9.17) is 11.6 Å². The molecule has 1 aromatic carbocycles. The third kappa shape index (κ3) is 3.72. The first-order valence-corrected chi connectivity index (χ1v) is 9.97. The number of anilines is 1. The highest BCUT2D eigenvalue weighted by Crippen LogP contribution is 2.24. The molecule has 2 amide bonds. The molecule has 0 spiro atoms. The maximum atomic E-state index is 13.0. The Morgan fingerprint density at radius 3 is 2.59 bits per heavy atom. The molecule has 1 saturated heterocycles. The number of halogens is 1. The van der Waals surface area contributed by atoms with E-state index in [0.717, 1.165) is 63.9 Å². The Morgan fingerprint density at radius 2 is 1.81 bits per heavy atom. The minimum Gasteiger partial charge on any atom is -0.336 e. The predicted octanol–water partition coefficient (Wildman–Crippen LogP) is 3.75. The Kier molecular flexibility index (Phi) is 5.16. The molecule has 0 radical (unpaired) electrons. The van der Waals surface area contributed by atoms with Gasteiger partial charge in [0.2, 0.25) is 0 Å². The van der Waals surface area contributed by atoms with Crippen LogP contribution in [0, 0.1) is 0 Å². The molecule has 0 unspecified atom stereocenters. The van der Waals surface area contributed by atoms with E-state index in [2.05, 4.69) is 10.3 Å². The van der Waals surface area contributed by atoms with Gasteiger partial charge in [-0.25, -0.2) is 4.98 Å². The average Bonchev–Trinajstić information content (AvgIpc) is 3.08. The zero-order chi connectivity index (χ0) is 18.8. The van der Waals surface area contributed by atoms with E-state index < -0.39 is 0 Å². The van der Waals surface area contributed by atoms with Crippen molar-refractivity contribution in [2.45, 2.75) is 45.1 Å². The van der Waals surface area contributed by atoms with Gasteiger partial charge in [-0.05, 0) is 56.7 Å². The van der Waals surface area contributed by atoms with Crippen LogP contribution in [0.15, 0.2) is 24.3 Å². The number of benzene rings is 1. The number of carbonyl (C=O) groups excluding carboxylic acids is 2. The van der Waals surface area contributed by atoms with Crippen molar-refractivity contribution in [3.63, 3.8) is 0 Å². The van der Waals surface area contributed by atoms with Crippen molar-refractivity contribution >= 4 is 29.1 Å². The third-order valence-electron chi connectivity index (χ3n) is 5.25. The number of piperidine rings is 1. The third-order valence-corrected chi connectivity index (χ3v) is 5.49. The Hall–Kier alpha value is -2.34. The standard InChI is InChI=1S/C20H23ClN4O2/c21-14-7-6-8-15(13-14)22-19(26)17-16-9-2-5-12-25(16)18(23-17)20(27)24-10-3-1-4-11-24/h6-8,13H,1-5,9-12H2,(H,22,26). The number of amides is 2. The number of hydrogen-bond donors (Lipinski definition) is 1. The number of rotatable bonds is 3. The summed E-state index contributed by atoms with van der Waals surface area (Å²) < 4.78 is 1.95. The SMILES string of the molecule is O=C(Nc1cccc(Cl)c1)c1nc(C(=O)N2CCCCC2)n2c1CCCC2. The van der Waals surface area contributed by atoms with Gasteiger partial charge in [0, 0.05) is 30.3 Å². The van der Waals surface area contributed by atoms with Crippen LogP contribution in [0.5, 0.6) is 0 Å². The van der Waals surface area contributed by atoms with Crippen LogP contribution in [0.4, 0.5) is 5.69 Å². The van der Waals surface area contributed by atoms with E-state index in [0.29, 0.717) is 22.2 Å². The number of nitrogens with one attached hydrogen (secondary N) is 1. The van der Waals surface area contributed by atoms with Gasteiger partial charge in [-0.1, -0.05) is 17.7 Å². The minimum atomic E-state index is -0.291. The lowest BCUT2D eigenvalue weighted by Gasteiger charge is -2.27. The fourth-order valence-electron chi connectivity index (χ4n) is 3.88. The number of aromatic nitrogens is 2. The molecule has 1 N–H and O–H groups in total. The van der Waals surface area contributed by atoms with Crippen LogP contribution in [-0.4, -0.2) is 39.4 Å². The minimum absolute atomic E-state index is 0.0559. The molecule has 0 saturated carbocycles. The molecule has 2 aromatic rings. The summed E-state index contributed by atoms with van der Waals surface area (Å²) in [4.78, 5) is 32.2. The summed E-state index contributed by atoms with van der Waals surface area (Å²) in [5.74, 6) is 0.0584. The average molecular weight is 387 g/mol. The smallest absolute Gasteiger partial charge is 0.289 e. The Balaban J connectivity index is 1.63. The van der Waals surface area contributed by atoms with Crippen molar-refractivity contribution in [2.75, 3.05) is 18.4 Å². The molecule has 2 aliphatic heterocycles. The molecule has 142 valence electrons. The molecular formula is C20H23ClN4O2. The lowest BCUT2D eigenvalue weighted by atomic mass is 10.1. The van der Waals surface area contributed by atoms with Gasteiger partial charge >= 0.3 is 0 Å². The summed E-state index contributed by atoms with van der Waals surface area (Å²) in [5, 5.41) is 3.41. The van der Waals surface area contributed by atoms with Crippen LogP contribution in [0.1, 0.15) is 58.9 Å². The number of nitrogens with zero attached hydrogens (tertiary/aromatic N) is 3. The van der Waals surface area contributed by atoms with E-state index >= 15 is 0 Å². The van der Waals surface area contributed by atoms with Gasteiger partial charge in [0.1, 0.15) is 0 Å². The maximum absolute atomic E-state index is 13.0. The summed E-state index contributed by atoms with van der Waals surface area (Å²) in [6.45, 7) is 2.28. The molecule has 6 nitrogen and oxygen atoms in total. The van der Waals surface area contributed by atoms with E-state index in [-0.39, 0.29) is 11.8 Å². The Morgan fingerprint density at radius 1 is 1.04 bits per heavy atom. The Labute approximate surface area is 163 Å². The van der Waals surface area contributed by atoms with Gasteiger partial charge in [0.15, 0.2) is 11.5 Å². The van der Waals surface area contributed by atoms with Gasteiger partial charge in [-0.2, -0.15) is 0 Å². The molecule has 0 bridgehead atoms. The fourth-order valence-corrected chi connectivity index (χ4v) is 4.07. The van der Waals surface area contributed by atoms with Crippen molar-refractivity contribution < 1.29 is 9.59 Å². The molecule has 7 heteroatoms. The van der Waals surface area contributed by atoms with Crippen molar-refractivity contribution in [1.29, 1.82) is 0 Å². The van der Waals surface area contributed by atoms with Crippen LogP contribution >= 0.6 is 11.6 Å². The van der Waals surface area contributed by atoms with Gasteiger partial charge in [0.05, 0.1) is 5.69 Å². The predicted molar refractivity (Wildman–Crippen MR) is 104 cm³/mol. The maximum Gasteiger partial charge on any atom is 0.289 e. The fraction of sp³-hybridized carbons (Fsp3) is 0.450. The van der Waals surface area contributed by atoms with Crippen LogP contribution in [0.25, 0.3) is 0 Å². The van der Waals surface area contributed by atoms with E-state index in [1.807, 2.05) is 9.47 Å². The summed E-state index contributed by atoms with van der Waals surface area (Å²) in [6, 6.07) is 7.02. The van der Waals surface area contributed by atoms with E-state index in [1.54, 1.807) is 24.3 Å². The second-order valence-corrected chi connectivity index (χ2v) is 7.59. The molecule has 3 heterocycles. The van der Waals surface area contributed by atoms with Crippen molar-refractivity contribution in [3.8, 4) is 0 Å². The van der Waals surface area contributed by atoms with E-state index in [9.17, 15) is 9.59 Å². The molecule has 2 aliphatic rings. The van der Waals surface area contributed by atoms with Crippen molar-refractivity contribution in [1.82, 2.24) is 14.5 Å². The molecule has 0 aliphatic carbocycles. The summed E-state index contributed by atoms with van der Waals surface area (Å²) >= 11 is 6.00. The number of hydrogen-bond acceptors (Lipinski definition) is 3. The number of likely N-dealkylation sites (tertiary alicyclic amines) is 1. The zero-order valence-electron chi connectivity index (χ0n) is 15.2. The molecule has 0 atom stereocenters. The van der Waals surface area contributed by atoms with Gasteiger partial charge < -0.3 is 14.8 Å². The van der Waals surface area contributed by atoms with Gasteiger partial charge in [-0.3, -0.25) is 9.59 Å². The first-order chi connectivity index (χ1) is 13.1. The van der Waals surface area contributed by atoms with Crippen LogP contribution in [-0.2, 0) is 13.0 Å². The topological polar surface area (TPSA) is 67.2 Å². The molecule has 27 heavy (non-hydrogen) atoms. The first-order valence-electron chi connectivity index (χ1n) is 9.59. The normalized spacial score (nSPS) is 16.7. The zero-order valence-corrected chi connectivity index (χ0v) is 16.0. The highest BCUT2D eigenvalue weighted by atomic mass is 35.5. The molecule has 1 fully saturated rings. The van der Waals surface area contributed by atoms with Gasteiger partial charge in [0.25, 0.3) is 11.8 Å². The number of carbonyl (C=O) groups is 2. The number of imidazole rings is 1. The van der Waals surface area contributed by atoms with Crippen molar-refractivity contribution in [3.05, 3.63) is 46.5 Å². The summed E-state index contributed by atoms with van der Waals surface area (Å²) in [6.07, 6.45) is 5.98. The quantitative estimate of drug-likeness (QED) is 0.873. The monoisotopic (exact) mass is 386 g/mol. The highest BCUT2D eigenvalue weighted by molar-refractivity contribution is 6.31. The lowest BCUT2D eigenvalue weighted by Crippen LogP contribution is -2.37. The molecular weight excluding hydrogens is 364 g/mol. The summed E-state index contributed by atoms with van der Waals surface area (Å²) in [5.41, 5.74) is 1.84. The first kappa shape index (κ1) is 18.0. The number of fused-ring (bicyclic) bond motifs is 1. The summed E-state index contributed by atoms with van der Waals surface area (Å²) in [7, 11) is 0. The lowest BCUT2D eigenvalue weighted by molar-refractivity contribution is 0.0705. The molecule has 4 rings (SSSR count). The van der Waals surface area contributed by atoms with Crippen LogP contribution in [0.2, 0.25) is 5.02 Å². The van der Waals surface area contributed by atoms with E-state index in [1.165, 1.54) is 0 Å². The second kappa shape index (κ2) is 7.72. The highest BCUT2D eigenvalue weighted by Gasteiger charge is 2.30. The van der Waals surface area contributed by atoms with Crippen LogP contribution in [0.3, 0.4) is 0 Å². The largest absolute Gasteiger partial charge is 0.336 e. The second-order valence-electron chi connectivity index (χ2n) is 7.16. The van der Waals surface area contributed by atoms with Crippen LogP contribution < -0.4 is 5.32 Å². The van der Waals surface area contributed by atoms with Gasteiger partial charge in [-0.15, -0.1) is 0 Å². The van der Waals surface area contributed by atoms with Crippen molar-refractivity contribution in [2.24, 2.45) is 0 Å².